The van der Waals surface area contributed by atoms with E-state index in [0.717, 1.165) is 65.6 Å². The van der Waals surface area contributed by atoms with Crippen molar-refractivity contribution in [2.75, 3.05) is 32.9 Å². The zero-order valence-electron chi connectivity index (χ0n) is 15.8. The molecule has 3 heterocycles. The minimum absolute atomic E-state index is 0.206. The highest BCUT2D eigenvalue weighted by Crippen LogP contribution is 2.39. The fourth-order valence-corrected chi connectivity index (χ4v) is 4.99. The minimum Gasteiger partial charge on any atom is -0.504 e. The van der Waals surface area contributed by atoms with Crippen molar-refractivity contribution in [2.45, 2.75) is 19.4 Å². The number of nitrogens with zero attached hydrogens (tertiary/aromatic N) is 2. The molecule has 2 aromatic carbocycles. The summed E-state index contributed by atoms with van der Waals surface area (Å²) in [5, 5.41) is 11.5. The molecule has 0 spiro atoms. The lowest BCUT2D eigenvalue weighted by molar-refractivity contribution is 0.174. The SMILES string of the molecule is Oc1cc(-c2nc3ccccc3s2)cc2c1OCCN(CCC1CCOC1)C2. The molecule has 1 aromatic heterocycles. The zero-order chi connectivity index (χ0) is 18.9. The molecule has 5 rings (SSSR count). The summed E-state index contributed by atoms with van der Waals surface area (Å²) in [5.74, 6) is 1.50. The number of hydrogen-bond acceptors (Lipinski definition) is 6. The van der Waals surface area contributed by atoms with E-state index >= 15 is 0 Å². The second-order valence-electron chi connectivity index (χ2n) is 7.61. The molecule has 1 fully saturated rings. The molecule has 0 saturated carbocycles. The van der Waals surface area contributed by atoms with Gasteiger partial charge in [0.25, 0.3) is 0 Å². The topological polar surface area (TPSA) is 54.8 Å². The Hall–Kier alpha value is -2.15. The summed E-state index contributed by atoms with van der Waals surface area (Å²) in [6.45, 7) is 5.08. The highest BCUT2D eigenvalue weighted by Gasteiger charge is 2.22. The number of rotatable bonds is 4. The van der Waals surface area contributed by atoms with Crippen molar-refractivity contribution in [1.82, 2.24) is 9.88 Å². The maximum Gasteiger partial charge on any atom is 0.165 e. The van der Waals surface area contributed by atoms with E-state index < -0.39 is 0 Å². The summed E-state index contributed by atoms with van der Waals surface area (Å²) in [6, 6.07) is 12.0. The highest BCUT2D eigenvalue weighted by molar-refractivity contribution is 7.21. The molecule has 2 aliphatic rings. The lowest BCUT2D eigenvalue weighted by Crippen LogP contribution is -2.28. The fourth-order valence-electron chi connectivity index (χ4n) is 4.04. The van der Waals surface area contributed by atoms with Gasteiger partial charge in [-0.05, 0) is 49.6 Å². The predicted molar refractivity (Wildman–Crippen MR) is 111 cm³/mol. The standard InChI is InChI=1S/C22H24N2O3S/c25-19-12-16(22-23-18-3-1-2-4-20(18)28-22)11-17-13-24(8-10-27-21(17)19)7-5-15-6-9-26-14-15/h1-4,11-12,15,25H,5-10,13-14H2. The summed E-state index contributed by atoms with van der Waals surface area (Å²) in [5.41, 5.74) is 2.98. The first kappa shape index (κ1) is 17.9. The largest absolute Gasteiger partial charge is 0.504 e. The number of fused-ring (bicyclic) bond motifs is 2. The van der Waals surface area contributed by atoms with Crippen molar-refractivity contribution >= 4 is 21.6 Å². The number of aromatic hydroxyl groups is 1. The average Bonchev–Trinajstić information content (AvgIpc) is 3.32. The highest BCUT2D eigenvalue weighted by atomic mass is 32.1. The van der Waals surface area contributed by atoms with Crippen molar-refractivity contribution in [2.24, 2.45) is 5.92 Å². The van der Waals surface area contributed by atoms with Crippen LogP contribution in [0.3, 0.4) is 0 Å². The third-order valence-corrected chi connectivity index (χ3v) is 6.70. The van der Waals surface area contributed by atoms with E-state index in [2.05, 4.69) is 17.0 Å². The molecule has 5 nitrogen and oxygen atoms in total. The Labute approximate surface area is 168 Å². The fraction of sp³-hybridized carbons (Fsp3) is 0.409. The van der Waals surface area contributed by atoms with Crippen LogP contribution in [-0.4, -0.2) is 47.9 Å². The lowest BCUT2D eigenvalue weighted by Gasteiger charge is -2.21. The van der Waals surface area contributed by atoms with Crippen LogP contribution in [0, 0.1) is 5.92 Å². The third kappa shape index (κ3) is 3.60. The van der Waals surface area contributed by atoms with Crippen LogP contribution < -0.4 is 4.74 Å². The van der Waals surface area contributed by atoms with E-state index in [1.165, 1.54) is 6.42 Å². The van der Waals surface area contributed by atoms with Crippen molar-refractivity contribution < 1.29 is 14.6 Å². The first-order valence-electron chi connectivity index (χ1n) is 9.91. The molecule has 0 radical (unpaired) electrons. The van der Waals surface area contributed by atoms with E-state index in [4.69, 9.17) is 14.5 Å². The number of aromatic nitrogens is 1. The van der Waals surface area contributed by atoms with E-state index in [1.54, 1.807) is 17.4 Å². The van der Waals surface area contributed by atoms with Crippen molar-refractivity contribution in [1.29, 1.82) is 0 Å². The maximum absolute atomic E-state index is 10.6. The predicted octanol–water partition coefficient (Wildman–Crippen LogP) is 4.29. The maximum atomic E-state index is 10.6. The molecule has 3 aromatic rings. The van der Waals surface area contributed by atoms with Crippen LogP contribution in [0.5, 0.6) is 11.5 Å². The Balaban J connectivity index is 1.41. The van der Waals surface area contributed by atoms with Crippen LogP contribution in [0.15, 0.2) is 36.4 Å². The summed E-state index contributed by atoms with van der Waals surface area (Å²) < 4.78 is 12.6. The monoisotopic (exact) mass is 396 g/mol. The molecule has 1 unspecified atom stereocenters. The van der Waals surface area contributed by atoms with Crippen molar-refractivity contribution in [3.63, 3.8) is 0 Å². The molecule has 0 aliphatic carbocycles. The Morgan fingerprint density at radius 2 is 2.14 bits per heavy atom. The molecule has 1 saturated heterocycles. The summed E-state index contributed by atoms with van der Waals surface area (Å²) in [7, 11) is 0. The lowest BCUT2D eigenvalue weighted by atomic mass is 10.0. The summed E-state index contributed by atoms with van der Waals surface area (Å²) in [6.07, 6.45) is 2.32. The van der Waals surface area contributed by atoms with Crippen LogP contribution in [-0.2, 0) is 11.3 Å². The Morgan fingerprint density at radius 1 is 1.21 bits per heavy atom. The second-order valence-corrected chi connectivity index (χ2v) is 8.64. The van der Waals surface area contributed by atoms with Gasteiger partial charge in [-0.15, -0.1) is 11.3 Å². The van der Waals surface area contributed by atoms with E-state index in [1.807, 2.05) is 18.2 Å². The van der Waals surface area contributed by atoms with Gasteiger partial charge in [-0.3, -0.25) is 4.90 Å². The third-order valence-electron chi connectivity index (χ3n) is 5.61. The number of phenols is 1. The van der Waals surface area contributed by atoms with Gasteiger partial charge in [0.2, 0.25) is 0 Å². The Morgan fingerprint density at radius 3 is 3.00 bits per heavy atom. The molecule has 0 amide bonds. The number of hydrogen-bond donors (Lipinski definition) is 1. The Kier molecular flexibility index (Phi) is 4.93. The summed E-state index contributed by atoms with van der Waals surface area (Å²) in [4.78, 5) is 7.17. The van der Waals surface area contributed by atoms with Gasteiger partial charge in [0.05, 0.1) is 10.2 Å². The van der Waals surface area contributed by atoms with Crippen LogP contribution in [0.2, 0.25) is 0 Å². The van der Waals surface area contributed by atoms with Gasteiger partial charge in [0, 0.05) is 37.4 Å². The molecule has 1 N–H and O–H groups in total. The molecule has 1 atom stereocenters. The normalized spacial score (nSPS) is 20.1. The molecular formula is C22H24N2O3S. The summed E-state index contributed by atoms with van der Waals surface area (Å²) >= 11 is 1.65. The van der Waals surface area contributed by atoms with Gasteiger partial charge >= 0.3 is 0 Å². The quantitative estimate of drug-likeness (QED) is 0.713. The zero-order valence-corrected chi connectivity index (χ0v) is 16.6. The number of para-hydroxylation sites is 1. The molecule has 6 heteroatoms. The van der Waals surface area contributed by atoms with Gasteiger partial charge in [0.15, 0.2) is 11.5 Å². The number of thiazole rings is 1. The van der Waals surface area contributed by atoms with Crippen LogP contribution >= 0.6 is 11.3 Å². The number of benzene rings is 2. The van der Waals surface area contributed by atoms with Gasteiger partial charge in [-0.1, -0.05) is 12.1 Å². The first-order chi connectivity index (χ1) is 13.8. The van der Waals surface area contributed by atoms with E-state index in [-0.39, 0.29) is 5.75 Å². The van der Waals surface area contributed by atoms with Crippen LogP contribution in [0.1, 0.15) is 18.4 Å². The first-order valence-corrected chi connectivity index (χ1v) is 10.7. The van der Waals surface area contributed by atoms with Gasteiger partial charge in [-0.2, -0.15) is 0 Å². The number of phenolic OH excluding ortho intramolecular Hbond substituents is 1. The van der Waals surface area contributed by atoms with Gasteiger partial charge < -0.3 is 14.6 Å². The van der Waals surface area contributed by atoms with Crippen molar-refractivity contribution in [3.8, 4) is 22.1 Å². The average molecular weight is 397 g/mol. The molecular weight excluding hydrogens is 372 g/mol. The molecule has 28 heavy (non-hydrogen) atoms. The van der Waals surface area contributed by atoms with E-state index in [0.29, 0.717) is 18.3 Å². The Bertz CT molecular complexity index is 948. The number of ether oxygens (including phenoxy) is 2. The van der Waals surface area contributed by atoms with Crippen LogP contribution in [0.4, 0.5) is 0 Å². The smallest absolute Gasteiger partial charge is 0.165 e. The van der Waals surface area contributed by atoms with Crippen LogP contribution in [0.25, 0.3) is 20.8 Å². The molecule has 0 bridgehead atoms. The molecule has 146 valence electrons. The second kappa shape index (κ2) is 7.70. The van der Waals surface area contributed by atoms with Gasteiger partial charge in [0.1, 0.15) is 11.6 Å². The van der Waals surface area contributed by atoms with Crippen molar-refractivity contribution in [3.05, 3.63) is 42.0 Å². The van der Waals surface area contributed by atoms with Gasteiger partial charge in [-0.25, -0.2) is 4.98 Å². The minimum atomic E-state index is 0.206. The molecule has 2 aliphatic heterocycles. The van der Waals surface area contributed by atoms with E-state index in [9.17, 15) is 5.11 Å².